The maximum atomic E-state index is 12.5. The summed E-state index contributed by atoms with van der Waals surface area (Å²) in [6.45, 7) is 0.664. The number of halogens is 4. The summed E-state index contributed by atoms with van der Waals surface area (Å²) < 4.78 is 37.6. The predicted octanol–water partition coefficient (Wildman–Crippen LogP) is 4.74. The van der Waals surface area contributed by atoms with E-state index in [0.29, 0.717) is 23.6 Å². The first-order chi connectivity index (χ1) is 11.8. The van der Waals surface area contributed by atoms with Crippen LogP contribution in [0.15, 0.2) is 48.5 Å². The van der Waals surface area contributed by atoms with Crippen molar-refractivity contribution in [3.05, 3.63) is 70.2 Å². The largest absolute Gasteiger partial charge is 0.416 e. The molecule has 0 aromatic heterocycles. The summed E-state index contributed by atoms with van der Waals surface area (Å²) in [6, 6.07) is 11.9. The van der Waals surface area contributed by atoms with E-state index in [1.54, 1.807) is 13.1 Å². The van der Waals surface area contributed by atoms with Crippen LogP contribution >= 0.6 is 11.6 Å². The summed E-state index contributed by atoms with van der Waals surface area (Å²) in [6.07, 6.45) is -3.72. The molecule has 0 saturated heterocycles. The van der Waals surface area contributed by atoms with Gasteiger partial charge < -0.3 is 10.2 Å². The summed E-state index contributed by atoms with van der Waals surface area (Å²) >= 11 is 5.90. The fourth-order valence-corrected chi connectivity index (χ4v) is 2.50. The second kappa shape index (κ2) is 8.25. The van der Waals surface area contributed by atoms with E-state index in [2.05, 4.69) is 5.32 Å². The van der Waals surface area contributed by atoms with Crippen LogP contribution in [0.1, 0.15) is 16.7 Å². The SMILES string of the molecule is CN(Cc1ccc(C(F)(F)F)cc1)C(=O)NCCc1cccc(Cl)c1. The normalized spacial score (nSPS) is 11.2. The number of nitrogens with one attached hydrogen (secondary N) is 1. The first-order valence-electron chi connectivity index (χ1n) is 7.65. The smallest absolute Gasteiger partial charge is 0.338 e. The molecule has 0 spiro atoms. The lowest BCUT2D eigenvalue weighted by atomic mass is 10.1. The molecule has 0 bridgehead atoms. The van der Waals surface area contributed by atoms with E-state index in [1.165, 1.54) is 17.0 Å². The number of carbonyl (C=O) groups is 1. The highest BCUT2D eigenvalue weighted by molar-refractivity contribution is 6.30. The van der Waals surface area contributed by atoms with E-state index in [0.717, 1.165) is 17.7 Å². The van der Waals surface area contributed by atoms with Crippen LogP contribution in [0, 0.1) is 0 Å². The van der Waals surface area contributed by atoms with Crippen molar-refractivity contribution < 1.29 is 18.0 Å². The number of rotatable bonds is 5. The van der Waals surface area contributed by atoms with Gasteiger partial charge in [-0.2, -0.15) is 13.2 Å². The predicted molar refractivity (Wildman–Crippen MR) is 91.5 cm³/mol. The zero-order valence-electron chi connectivity index (χ0n) is 13.6. The van der Waals surface area contributed by atoms with E-state index in [-0.39, 0.29) is 12.6 Å². The quantitative estimate of drug-likeness (QED) is 0.809. The lowest BCUT2D eigenvalue weighted by Crippen LogP contribution is -2.37. The molecule has 0 aliphatic rings. The molecule has 0 fully saturated rings. The Bertz CT molecular complexity index is 717. The zero-order chi connectivity index (χ0) is 18.4. The molecule has 0 radical (unpaired) electrons. The minimum Gasteiger partial charge on any atom is -0.338 e. The average Bonchev–Trinajstić information content (AvgIpc) is 2.54. The van der Waals surface area contributed by atoms with Crippen molar-refractivity contribution >= 4 is 17.6 Å². The number of amides is 2. The number of urea groups is 1. The molecule has 0 atom stereocenters. The van der Waals surface area contributed by atoms with Crippen LogP contribution in [0.3, 0.4) is 0 Å². The number of alkyl halides is 3. The third-order valence-electron chi connectivity index (χ3n) is 3.63. The summed E-state index contributed by atoms with van der Waals surface area (Å²) in [5, 5.41) is 3.41. The van der Waals surface area contributed by atoms with Gasteiger partial charge in [-0.05, 0) is 41.8 Å². The second-order valence-corrected chi connectivity index (χ2v) is 6.10. The van der Waals surface area contributed by atoms with Gasteiger partial charge in [0.1, 0.15) is 0 Å². The van der Waals surface area contributed by atoms with Gasteiger partial charge in [0.15, 0.2) is 0 Å². The monoisotopic (exact) mass is 370 g/mol. The van der Waals surface area contributed by atoms with Gasteiger partial charge in [-0.25, -0.2) is 4.79 Å². The van der Waals surface area contributed by atoms with Gasteiger partial charge in [0.2, 0.25) is 0 Å². The summed E-state index contributed by atoms with van der Waals surface area (Å²) in [4.78, 5) is 13.5. The lowest BCUT2D eigenvalue weighted by molar-refractivity contribution is -0.137. The van der Waals surface area contributed by atoms with Gasteiger partial charge in [-0.1, -0.05) is 35.9 Å². The minimum atomic E-state index is -4.36. The molecule has 0 aliphatic carbocycles. The molecular weight excluding hydrogens is 353 g/mol. The van der Waals surface area contributed by atoms with E-state index < -0.39 is 11.7 Å². The van der Waals surface area contributed by atoms with Crippen LogP contribution in [-0.2, 0) is 19.1 Å². The van der Waals surface area contributed by atoms with Gasteiger partial charge in [-0.3, -0.25) is 0 Å². The Morgan fingerprint density at radius 3 is 2.40 bits per heavy atom. The highest BCUT2D eigenvalue weighted by Crippen LogP contribution is 2.29. The van der Waals surface area contributed by atoms with Crippen LogP contribution in [0.4, 0.5) is 18.0 Å². The summed E-state index contributed by atoms with van der Waals surface area (Å²) in [7, 11) is 1.59. The molecule has 2 amide bonds. The molecule has 3 nitrogen and oxygen atoms in total. The van der Waals surface area contributed by atoms with E-state index >= 15 is 0 Å². The number of benzene rings is 2. The fraction of sp³-hybridized carbons (Fsp3) is 0.278. The first-order valence-corrected chi connectivity index (χ1v) is 8.03. The standard InChI is InChI=1S/C18H18ClF3N2O/c1-24(12-14-5-7-15(8-6-14)18(20,21)22)17(25)23-10-9-13-3-2-4-16(19)11-13/h2-8,11H,9-10,12H2,1H3,(H,23,25). The topological polar surface area (TPSA) is 32.3 Å². The molecular formula is C18H18ClF3N2O. The molecule has 134 valence electrons. The number of nitrogens with zero attached hydrogens (tertiary/aromatic N) is 1. The second-order valence-electron chi connectivity index (χ2n) is 5.66. The molecule has 0 aliphatic heterocycles. The third-order valence-corrected chi connectivity index (χ3v) is 3.86. The Morgan fingerprint density at radius 2 is 1.80 bits per heavy atom. The molecule has 7 heteroatoms. The highest BCUT2D eigenvalue weighted by Gasteiger charge is 2.29. The molecule has 2 rings (SSSR count). The van der Waals surface area contributed by atoms with Crippen molar-refractivity contribution in [1.29, 1.82) is 0 Å². The Labute approximate surface area is 149 Å². The molecule has 0 heterocycles. The number of hydrogen-bond acceptors (Lipinski definition) is 1. The van der Waals surface area contributed by atoms with Crippen LogP contribution in [0.2, 0.25) is 5.02 Å². The van der Waals surface area contributed by atoms with E-state index in [4.69, 9.17) is 11.6 Å². The van der Waals surface area contributed by atoms with Gasteiger partial charge in [0.05, 0.1) is 5.56 Å². The fourth-order valence-electron chi connectivity index (χ4n) is 2.29. The third kappa shape index (κ3) is 5.98. The molecule has 1 N–H and O–H groups in total. The van der Waals surface area contributed by atoms with Gasteiger partial charge in [0, 0.05) is 25.2 Å². The molecule has 0 saturated carbocycles. The Kier molecular flexibility index (Phi) is 6.31. The molecule has 25 heavy (non-hydrogen) atoms. The van der Waals surface area contributed by atoms with Crippen molar-refractivity contribution in [1.82, 2.24) is 10.2 Å². The van der Waals surface area contributed by atoms with Crippen molar-refractivity contribution in [2.45, 2.75) is 19.1 Å². The van der Waals surface area contributed by atoms with Crippen LogP contribution in [0.5, 0.6) is 0 Å². The van der Waals surface area contributed by atoms with Crippen molar-refractivity contribution in [2.75, 3.05) is 13.6 Å². The van der Waals surface area contributed by atoms with Crippen LogP contribution in [0.25, 0.3) is 0 Å². The summed E-state index contributed by atoms with van der Waals surface area (Å²) in [5.74, 6) is 0. The van der Waals surface area contributed by atoms with Crippen LogP contribution < -0.4 is 5.32 Å². The van der Waals surface area contributed by atoms with E-state index in [1.807, 2.05) is 18.2 Å². The highest BCUT2D eigenvalue weighted by atomic mass is 35.5. The zero-order valence-corrected chi connectivity index (χ0v) is 14.4. The van der Waals surface area contributed by atoms with Gasteiger partial charge in [-0.15, -0.1) is 0 Å². The maximum Gasteiger partial charge on any atom is 0.416 e. The van der Waals surface area contributed by atoms with E-state index in [9.17, 15) is 18.0 Å². The van der Waals surface area contributed by atoms with Crippen molar-refractivity contribution in [2.24, 2.45) is 0 Å². The number of carbonyl (C=O) groups excluding carboxylic acids is 1. The number of hydrogen-bond donors (Lipinski definition) is 1. The average molecular weight is 371 g/mol. The maximum absolute atomic E-state index is 12.5. The Hall–Kier alpha value is -2.21. The Morgan fingerprint density at radius 1 is 1.12 bits per heavy atom. The first kappa shape index (κ1) is 19.1. The van der Waals surface area contributed by atoms with Crippen molar-refractivity contribution in [3.63, 3.8) is 0 Å². The molecule has 2 aromatic carbocycles. The van der Waals surface area contributed by atoms with Crippen molar-refractivity contribution in [3.8, 4) is 0 Å². The molecule has 2 aromatic rings. The van der Waals surface area contributed by atoms with Gasteiger partial charge in [0.25, 0.3) is 0 Å². The lowest BCUT2D eigenvalue weighted by Gasteiger charge is -2.18. The minimum absolute atomic E-state index is 0.223. The Balaban J connectivity index is 1.81. The summed E-state index contributed by atoms with van der Waals surface area (Å²) in [5.41, 5.74) is 0.934. The molecule has 0 unspecified atom stereocenters. The van der Waals surface area contributed by atoms with Crippen LogP contribution in [-0.4, -0.2) is 24.5 Å². The van der Waals surface area contributed by atoms with Gasteiger partial charge >= 0.3 is 12.2 Å².